The van der Waals surface area contributed by atoms with Crippen molar-refractivity contribution in [1.82, 2.24) is 0 Å². The van der Waals surface area contributed by atoms with Crippen molar-refractivity contribution in [1.29, 1.82) is 0 Å². The van der Waals surface area contributed by atoms with E-state index in [1.165, 1.54) is 26.4 Å². The van der Waals surface area contributed by atoms with Crippen LogP contribution < -0.4 is 4.74 Å². The van der Waals surface area contributed by atoms with Crippen LogP contribution in [0.2, 0.25) is 0 Å². The third kappa shape index (κ3) is 2.95. The first-order valence-electron chi connectivity index (χ1n) is 4.60. The first-order valence-corrected chi connectivity index (χ1v) is 5.72. The van der Waals surface area contributed by atoms with Gasteiger partial charge in [-0.25, -0.2) is 4.39 Å². The quantitative estimate of drug-likeness (QED) is 0.631. The summed E-state index contributed by atoms with van der Waals surface area (Å²) >= 11 is 3.23. The molecule has 0 amide bonds. The van der Waals surface area contributed by atoms with Gasteiger partial charge in [0.1, 0.15) is 11.6 Å². The predicted octanol–water partition coefficient (Wildman–Crippen LogP) is 2.44. The summed E-state index contributed by atoms with van der Waals surface area (Å²) < 4.78 is 23.1. The molecule has 0 bridgehead atoms. The van der Waals surface area contributed by atoms with Gasteiger partial charge in [0.2, 0.25) is 0 Å². The van der Waals surface area contributed by atoms with Gasteiger partial charge in [0.25, 0.3) is 0 Å². The summed E-state index contributed by atoms with van der Waals surface area (Å²) in [5.74, 6) is -0.356. The maximum absolute atomic E-state index is 13.6. The van der Waals surface area contributed by atoms with Gasteiger partial charge in [0.15, 0.2) is 0 Å². The van der Waals surface area contributed by atoms with Crippen LogP contribution in [-0.2, 0) is 21.3 Å². The monoisotopic (exact) mass is 290 g/mol. The van der Waals surface area contributed by atoms with Crippen LogP contribution >= 0.6 is 15.9 Å². The average molecular weight is 291 g/mol. The topological polar surface area (TPSA) is 35.5 Å². The van der Waals surface area contributed by atoms with E-state index in [1.807, 2.05) is 0 Å². The van der Waals surface area contributed by atoms with Gasteiger partial charge in [-0.3, -0.25) is 4.79 Å². The minimum atomic E-state index is -0.479. The molecule has 0 saturated heterocycles. The summed E-state index contributed by atoms with van der Waals surface area (Å²) in [5.41, 5.74) is 0.974. The van der Waals surface area contributed by atoms with Gasteiger partial charge >= 0.3 is 5.97 Å². The second-order valence-corrected chi connectivity index (χ2v) is 3.70. The van der Waals surface area contributed by atoms with Gasteiger partial charge in [0, 0.05) is 16.5 Å². The number of halogens is 2. The van der Waals surface area contributed by atoms with E-state index in [-0.39, 0.29) is 12.0 Å². The highest BCUT2D eigenvalue weighted by molar-refractivity contribution is 9.08. The van der Waals surface area contributed by atoms with Crippen LogP contribution in [0.3, 0.4) is 0 Å². The van der Waals surface area contributed by atoms with Crippen LogP contribution in [-0.4, -0.2) is 20.2 Å². The predicted molar refractivity (Wildman–Crippen MR) is 61.3 cm³/mol. The molecule has 0 spiro atoms. The molecule has 0 unspecified atom stereocenters. The molecule has 5 heteroatoms. The molecule has 0 aliphatic carbocycles. The van der Waals surface area contributed by atoms with Crippen molar-refractivity contribution in [3.8, 4) is 5.75 Å². The lowest BCUT2D eigenvalue weighted by Gasteiger charge is -2.09. The third-order valence-electron chi connectivity index (χ3n) is 2.16. The smallest absolute Gasteiger partial charge is 0.310 e. The molecular weight excluding hydrogens is 279 g/mol. The van der Waals surface area contributed by atoms with E-state index in [0.717, 1.165) is 0 Å². The van der Waals surface area contributed by atoms with Crippen molar-refractivity contribution in [2.45, 2.75) is 11.8 Å². The number of benzene rings is 1. The second-order valence-electron chi connectivity index (χ2n) is 3.14. The number of hydrogen-bond acceptors (Lipinski definition) is 3. The Hall–Kier alpha value is -1.10. The number of alkyl halides is 1. The average Bonchev–Trinajstić information content (AvgIpc) is 2.30. The van der Waals surface area contributed by atoms with Crippen LogP contribution in [0.15, 0.2) is 12.1 Å². The van der Waals surface area contributed by atoms with E-state index >= 15 is 0 Å². The van der Waals surface area contributed by atoms with E-state index in [9.17, 15) is 9.18 Å². The van der Waals surface area contributed by atoms with Crippen LogP contribution in [0.5, 0.6) is 5.75 Å². The van der Waals surface area contributed by atoms with E-state index in [0.29, 0.717) is 16.6 Å². The van der Waals surface area contributed by atoms with Crippen molar-refractivity contribution >= 4 is 21.9 Å². The summed E-state index contributed by atoms with van der Waals surface area (Å²) in [5, 5.41) is 0.492. The number of ether oxygens (including phenoxy) is 2. The minimum Gasteiger partial charge on any atom is -0.496 e. The first kappa shape index (κ1) is 13.0. The zero-order valence-corrected chi connectivity index (χ0v) is 10.6. The summed E-state index contributed by atoms with van der Waals surface area (Å²) in [4.78, 5) is 11.0. The lowest BCUT2D eigenvalue weighted by Crippen LogP contribution is -2.07. The van der Waals surface area contributed by atoms with Gasteiger partial charge in [0.05, 0.1) is 20.6 Å². The largest absolute Gasteiger partial charge is 0.496 e. The highest BCUT2D eigenvalue weighted by Gasteiger charge is 2.13. The van der Waals surface area contributed by atoms with Crippen molar-refractivity contribution in [2.75, 3.05) is 14.2 Å². The Morgan fingerprint density at radius 2 is 2.06 bits per heavy atom. The first-order chi connectivity index (χ1) is 7.62. The van der Waals surface area contributed by atoms with Crippen molar-refractivity contribution in [2.24, 2.45) is 0 Å². The highest BCUT2D eigenvalue weighted by Crippen LogP contribution is 2.25. The zero-order chi connectivity index (χ0) is 12.1. The maximum atomic E-state index is 13.6. The Labute approximate surface area is 102 Å². The molecule has 1 aromatic carbocycles. The van der Waals surface area contributed by atoms with Crippen molar-refractivity contribution < 1.29 is 18.7 Å². The van der Waals surface area contributed by atoms with E-state index < -0.39 is 11.8 Å². The van der Waals surface area contributed by atoms with Crippen LogP contribution in [0.1, 0.15) is 11.1 Å². The number of hydrogen-bond donors (Lipinski definition) is 0. The normalized spacial score (nSPS) is 10.0. The van der Waals surface area contributed by atoms with E-state index in [1.54, 1.807) is 0 Å². The maximum Gasteiger partial charge on any atom is 0.310 e. The summed E-state index contributed by atoms with van der Waals surface area (Å²) in [7, 11) is 2.77. The number of carbonyl (C=O) groups is 1. The summed E-state index contributed by atoms with van der Waals surface area (Å²) in [6.45, 7) is 0. The second kappa shape index (κ2) is 5.84. The molecule has 1 aromatic rings. The van der Waals surface area contributed by atoms with Gasteiger partial charge in [-0.1, -0.05) is 15.9 Å². The Bertz CT molecular complexity index is 393. The Morgan fingerprint density at radius 3 is 2.56 bits per heavy atom. The number of rotatable bonds is 4. The van der Waals surface area contributed by atoms with Crippen LogP contribution in [0.4, 0.5) is 4.39 Å². The molecule has 0 aliphatic heterocycles. The molecule has 88 valence electrons. The molecule has 0 N–H and O–H groups in total. The Kier molecular flexibility index (Phi) is 4.73. The fourth-order valence-corrected chi connectivity index (χ4v) is 1.73. The molecule has 0 saturated carbocycles. The molecule has 0 aliphatic rings. The van der Waals surface area contributed by atoms with E-state index in [4.69, 9.17) is 4.74 Å². The summed E-state index contributed by atoms with van der Waals surface area (Å²) in [6.07, 6.45) is -0.0960. The van der Waals surface area contributed by atoms with Gasteiger partial charge in [-0.2, -0.15) is 0 Å². The molecule has 0 radical (unpaired) electrons. The van der Waals surface area contributed by atoms with Gasteiger partial charge in [-0.15, -0.1) is 0 Å². The van der Waals surface area contributed by atoms with E-state index in [2.05, 4.69) is 20.7 Å². The lowest BCUT2D eigenvalue weighted by molar-refractivity contribution is -0.139. The standard InChI is InChI=1S/C11H12BrFO3/c1-15-10-4-7(5-11(14)16-2)9(13)3-8(10)6-12/h3-4H,5-6H2,1-2H3. The minimum absolute atomic E-state index is 0.0960. The fourth-order valence-electron chi connectivity index (χ4n) is 1.29. The number of carbonyl (C=O) groups excluding carboxylic acids is 1. The molecule has 0 fully saturated rings. The Morgan fingerprint density at radius 1 is 1.38 bits per heavy atom. The highest BCUT2D eigenvalue weighted by atomic mass is 79.9. The summed E-state index contributed by atoms with van der Waals surface area (Å²) in [6, 6.07) is 2.87. The number of methoxy groups -OCH3 is 2. The SMILES string of the molecule is COC(=O)Cc1cc(OC)c(CBr)cc1F. The fraction of sp³-hybridized carbons (Fsp3) is 0.364. The number of esters is 1. The van der Waals surface area contributed by atoms with Crippen LogP contribution in [0.25, 0.3) is 0 Å². The lowest BCUT2D eigenvalue weighted by atomic mass is 10.1. The van der Waals surface area contributed by atoms with Crippen LogP contribution in [0, 0.1) is 5.82 Å². The van der Waals surface area contributed by atoms with Crippen molar-refractivity contribution in [3.63, 3.8) is 0 Å². The molecule has 0 aromatic heterocycles. The Balaban J connectivity index is 3.06. The molecule has 16 heavy (non-hydrogen) atoms. The molecule has 0 atom stereocenters. The third-order valence-corrected chi connectivity index (χ3v) is 2.76. The molecule has 3 nitrogen and oxygen atoms in total. The molecular formula is C11H12BrFO3. The van der Waals surface area contributed by atoms with Gasteiger partial charge < -0.3 is 9.47 Å². The van der Waals surface area contributed by atoms with Crippen molar-refractivity contribution in [3.05, 3.63) is 29.1 Å². The zero-order valence-electron chi connectivity index (χ0n) is 9.05. The molecule has 0 heterocycles. The van der Waals surface area contributed by atoms with Gasteiger partial charge in [-0.05, 0) is 12.1 Å². The molecule has 1 rings (SSSR count).